The fraction of sp³-hybridized carbons (Fsp3) is 0.464. The number of rotatable bonds is 7. The van der Waals surface area contributed by atoms with Crippen LogP contribution >= 0.6 is 11.3 Å². The maximum Gasteiger partial charge on any atom is 0.246 e. The smallest absolute Gasteiger partial charge is 0.246 e. The minimum absolute atomic E-state index is 0.0351. The summed E-state index contributed by atoms with van der Waals surface area (Å²) in [5, 5.41) is 10.2. The standard InChI is InChI=1S/C28H33FN4O3S/c1-17(30-2)26(34)32-25(18-11-14-36-15-12-18)28(35)33-13-5-10-24(33)27-31-23(16-37-27)21-8-3-7-20-19(21)6-4-9-22(20)29/h3-4,6-9,16-18,24-25,30H,5,10-15H2,1-2H3,(H,32,34)/t17-,24-,25-/m0/s1. The maximum atomic E-state index is 14.4. The van der Waals surface area contributed by atoms with Crippen LogP contribution in [0.2, 0.25) is 0 Å². The first-order valence-electron chi connectivity index (χ1n) is 13.0. The molecule has 3 heterocycles. The number of hydrogen-bond acceptors (Lipinski definition) is 6. The van der Waals surface area contributed by atoms with Crippen LogP contribution < -0.4 is 10.6 Å². The van der Waals surface area contributed by atoms with Gasteiger partial charge in [0.15, 0.2) is 0 Å². The van der Waals surface area contributed by atoms with Gasteiger partial charge in [-0.15, -0.1) is 11.3 Å². The van der Waals surface area contributed by atoms with Gasteiger partial charge in [0.1, 0.15) is 16.9 Å². The van der Waals surface area contributed by atoms with Crippen LogP contribution in [0.4, 0.5) is 4.39 Å². The number of nitrogens with one attached hydrogen (secondary N) is 2. The second-order valence-electron chi connectivity index (χ2n) is 9.85. The van der Waals surface area contributed by atoms with Gasteiger partial charge in [-0.2, -0.15) is 0 Å². The van der Waals surface area contributed by atoms with Gasteiger partial charge in [0, 0.05) is 36.1 Å². The van der Waals surface area contributed by atoms with Crippen LogP contribution in [0.1, 0.15) is 43.7 Å². The molecule has 2 amide bonds. The monoisotopic (exact) mass is 524 g/mol. The molecule has 7 nitrogen and oxygen atoms in total. The maximum absolute atomic E-state index is 14.4. The third kappa shape index (κ3) is 5.26. The van der Waals surface area contributed by atoms with Crippen molar-refractivity contribution in [1.29, 1.82) is 0 Å². The first-order valence-corrected chi connectivity index (χ1v) is 13.8. The second kappa shape index (κ2) is 11.2. The number of thiazole rings is 1. The molecule has 5 rings (SSSR count). The lowest BCUT2D eigenvalue weighted by atomic mass is 9.90. The number of ether oxygens (including phenoxy) is 1. The normalized spacial score (nSPS) is 20.2. The highest BCUT2D eigenvalue weighted by molar-refractivity contribution is 7.10. The van der Waals surface area contributed by atoms with Gasteiger partial charge in [-0.25, -0.2) is 9.37 Å². The Balaban J connectivity index is 1.41. The molecule has 0 unspecified atom stereocenters. The zero-order valence-electron chi connectivity index (χ0n) is 21.2. The van der Waals surface area contributed by atoms with E-state index >= 15 is 0 Å². The van der Waals surface area contributed by atoms with E-state index in [2.05, 4.69) is 10.6 Å². The van der Waals surface area contributed by atoms with E-state index in [-0.39, 0.29) is 29.6 Å². The van der Waals surface area contributed by atoms with Crippen molar-refractivity contribution < 1.29 is 18.7 Å². The first-order chi connectivity index (χ1) is 18.0. The predicted molar refractivity (Wildman–Crippen MR) is 143 cm³/mol. The Morgan fingerprint density at radius 3 is 2.68 bits per heavy atom. The Kier molecular flexibility index (Phi) is 7.83. The molecule has 3 atom stereocenters. The summed E-state index contributed by atoms with van der Waals surface area (Å²) in [4.78, 5) is 33.6. The molecule has 2 N–H and O–H groups in total. The van der Waals surface area contributed by atoms with Crippen LogP contribution in [0.15, 0.2) is 41.8 Å². The molecule has 0 spiro atoms. The summed E-state index contributed by atoms with van der Waals surface area (Å²) in [7, 11) is 1.73. The van der Waals surface area contributed by atoms with Gasteiger partial charge in [0.2, 0.25) is 11.8 Å². The second-order valence-corrected chi connectivity index (χ2v) is 10.7. The molecular weight excluding hydrogens is 491 g/mol. The molecule has 3 aromatic rings. The van der Waals surface area contributed by atoms with Gasteiger partial charge in [-0.3, -0.25) is 9.59 Å². The van der Waals surface area contributed by atoms with Crippen LogP contribution in [0.3, 0.4) is 0 Å². The average molecular weight is 525 g/mol. The van der Waals surface area contributed by atoms with Crippen molar-refractivity contribution in [2.75, 3.05) is 26.8 Å². The molecule has 2 fully saturated rings. The number of fused-ring (bicyclic) bond motifs is 1. The molecular formula is C28H33FN4O3S. The van der Waals surface area contributed by atoms with Crippen LogP contribution in [0, 0.1) is 11.7 Å². The lowest BCUT2D eigenvalue weighted by Gasteiger charge is -2.35. The van der Waals surface area contributed by atoms with Crippen LogP contribution in [-0.4, -0.2) is 60.6 Å². The van der Waals surface area contributed by atoms with Gasteiger partial charge < -0.3 is 20.3 Å². The molecule has 2 aliphatic rings. The average Bonchev–Trinajstić information content (AvgIpc) is 3.61. The topological polar surface area (TPSA) is 83.6 Å². The molecule has 2 aromatic carbocycles. The zero-order valence-corrected chi connectivity index (χ0v) is 22.0. The van der Waals surface area contributed by atoms with Crippen molar-refractivity contribution in [3.8, 4) is 11.3 Å². The SMILES string of the molecule is CN[C@@H](C)C(=O)N[C@H](C(=O)N1CCC[C@H]1c1nc(-c2cccc3c(F)cccc23)cs1)C1CCOCC1. The summed E-state index contributed by atoms with van der Waals surface area (Å²) in [5.41, 5.74) is 1.66. The fourth-order valence-corrected chi connectivity index (χ4v) is 6.33. The molecule has 9 heteroatoms. The number of halogens is 1. The summed E-state index contributed by atoms with van der Waals surface area (Å²) in [6, 6.07) is 9.54. The highest BCUT2D eigenvalue weighted by atomic mass is 32.1. The predicted octanol–water partition coefficient (Wildman–Crippen LogP) is 4.29. The molecule has 2 saturated heterocycles. The van der Waals surface area contributed by atoms with Crippen molar-refractivity contribution >= 4 is 33.9 Å². The Bertz CT molecular complexity index is 1280. The number of likely N-dealkylation sites (N-methyl/N-ethyl adjacent to an activating group) is 1. The van der Waals surface area contributed by atoms with E-state index in [9.17, 15) is 14.0 Å². The third-order valence-electron chi connectivity index (χ3n) is 7.62. The van der Waals surface area contributed by atoms with E-state index < -0.39 is 12.1 Å². The quantitative estimate of drug-likeness (QED) is 0.482. The van der Waals surface area contributed by atoms with E-state index in [1.54, 1.807) is 26.1 Å². The highest BCUT2D eigenvalue weighted by Gasteiger charge is 2.40. The Hall–Kier alpha value is -2.88. The number of benzene rings is 2. The minimum atomic E-state index is -0.590. The van der Waals surface area contributed by atoms with Crippen LogP contribution in [-0.2, 0) is 14.3 Å². The highest BCUT2D eigenvalue weighted by Crippen LogP contribution is 2.38. The van der Waals surface area contributed by atoms with Gasteiger partial charge >= 0.3 is 0 Å². The van der Waals surface area contributed by atoms with Gasteiger partial charge in [0.05, 0.1) is 17.8 Å². The Morgan fingerprint density at radius 1 is 1.14 bits per heavy atom. The number of nitrogens with zero attached hydrogens (tertiary/aromatic N) is 2. The molecule has 196 valence electrons. The molecule has 1 aromatic heterocycles. The van der Waals surface area contributed by atoms with E-state index in [0.717, 1.165) is 47.3 Å². The van der Waals surface area contributed by atoms with Crippen LogP contribution in [0.25, 0.3) is 22.0 Å². The number of hydrogen-bond donors (Lipinski definition) is 2. The molecule has 0 bridgehead atoms. The molecule has 0 saturated carbocycles. The first kappa shape index (κ1) is 25.8. The molecule has 37 heavy (non-hydrogen) atoms. The lowest BCUT2D eigenvalue weighted by Crippen LogP contribution is -2.56. The van der Waals surface area contributed by atoms with Gasteiger partial charge in [-0.05, 0) is 57.0 Å². The summed E-state index contributed by atoms with van der Waals surface area (Å²) >= 11 is 1.53. The summed E-state index contributed by atoms with van der Waals surface area (Å²) in [6.07, 6.45) is 3.18. The summed E-state index contributed by atoms with van der Waals surface area (Å²) in [5.74, 6) is -0.443. The van der Waals surface area contributed by atoms with E-state index in [1.165, 1.54) is 17.4 Å². The number of carbonyl (C=O) groups is 2. The zero-order chi connectivity index (χ0) is 25.9. The van der Waals surface area contributed by atoms with Crippen molar-refractivity contribution in [2.45, 2.75) is 50.7 Å². The van der Waals surface area contributed by atoms with Gasteiger partial charge in [-0.1, -0.05) is 30.3 Å². The van der Waals surface area contributed by atoms with Crippen molar-refractivity contribution in [3.63, 3.8) is 0 Å². The third-order valence-corrected chi connectivity index (χ3v) is 8.56. The minimum Gasteiger partial charge on any atom is -0.381 e. The van der Waals surface area contributed by atoms with Gasteiger partial charge in [0.25, 0.3) is 0 Å². The molecule has 0 aliphatic carbocycles. The number of carbonyl (C=O) groups excluding carboxylic acids is 2. The Morgan fingerprint density at radius 2 is 1.89 bits per heavy atom. The molecule has 2 aliphatic heterocycles. The van der Waals surface area contributed by atoms with E-state index in [1.807, 2.05) is 28.5 Å². The van der Waals surface area contributed by atoms with Crippen molar-refractivity contribution in [2.24, 2.45) is 5.92 Å². The van der Waals surface area contributed by atoms with Crippen LogP contribution in [0.5, 0.6) is 0 Å². The molecule has 0 radical (unpaired) electrons. The van der Waals surface area contributed by atoms with E-state index in [4.69, 9.17) is 9.72 Å². The number of aromatic nitrogens is 1. The summed E-state index contributed by atoms with van der Waals surface area (Å²) in [6.45, 7) is 3.61. The number of likely N-dealkylation sites (tertiary alicyclic amines) is 1. The number of amides is 2. The largest absolute Gasteiger partial charge is 0.381 e. The Labute approximate surface area is 220 Å². The van der Waals surface area contributed by atoms with Crippen molar-refractivity contribution in [1.82, 2.24) is 20.5 Å². The van der Waals surface area contributed by atoms with Crippen molar-refractivity contribution in [3.05, 3.63) is 52.6 Å². The van der Waals surface area contributed by atoms with E-state index in [0.29, 0.717) is 25.1 Å². The lowest BCUT2D eigenvalue weighted by molar-refractivity contribution is -0.140. The fourth-order valence-electron chi connectivity index (χ4n) is 5.36. The summed E-state index contributed by atoms with van der Waals surface area (Å²) < 4.78 is 19.9.